The fraction of sp³-hybridized carbons (Fsp3) is 0.375. The van der Waals surface area contributed by atoms with Crippen molar-refractivity contribution < 1.29 is 4.74 Å². The largest absolute Gasteiger partial charge is 0.376 e. The second kappa shape index (κ2) is 6.54. The molecule has 0 spiro atoms. The van der Waals surface area contributed by atoms with Gasteiger partial charge in [-0.05, 0) is 18.6 Å². The highest BCUT2D eigenvalue weighted by Crippen LogP contribution is 2.24. The Kier molecular flexibility index (Phi) is 4.51. The van der Waals surface area contributed by atoms with E-state index in [0.29, 0.717) is 6.61 Å². The Morgan fingerprint density at radius 3 is 2.95 bits per heavy atom. The van der Waals surface area contributed by atoms with Crippen molar-refractivity contribution in [3.05, 3.63) is 51.4 Å². The van der Waals surface area contributed by atoms with Crippen LogP contribution in [0.4, 0.5) is 5.82 Å². The summed E-state index contributed by atoms with van der Waals surface area (Å²) in [6.07, 6.45) is 1.59. The van der Waals surface area contributed by atoms with Gasteiger partial charge in [-0.1, -0.05) is 34.1 Å². The van der Waals surface area contributed by atoms with Crippen LogP contribution in [-0.4, -0.2) is 23.1 Å². The number of hydrogen-bond donors (Lipinski definition) is 1. The molecule has 1 N–H and O–H groups in total. The van der Waals surface area contributed by atoms with E-state index >= 15 is 0 Å². The third kappa shape index (κ3) is 3.24. The molecule has 0 bridgehead atoms. The number of anilines is 1. The number of rotatable bonds is 4. The maximum absolute atomic E-state index is 5.53. The molecule has 1 aromatic carbocycles. The van der Waals surface area contributed by atoms with Gasteiger partial charge in [0, 0.05) is 29.4 Å². The van der Waals surface area contributed by atoms with Crippen LogP contribution in [0, 0.1) is 0 Å². The molecule has 0 saturated carbocycles. The fourth-order valence-electron chi connectivity index (χ4n) is 2.49. The van der Waals surface area contributed by atoms with Crippen LogP contribution in [0.2, 0.25) is 0 Å². The van der Waals surface area contributed by atoms with Gasteiger partial charge in [0.1, 0.15) is 11.6 Å². The highest BCUT2D eigenvalue weighted by atomic mass is 79.9. The van der Waals surface area contributed by atoms with Crippen molar-refractivity contribution in [2.75, 3.05) is 18.5 Å². The van der Waals surface area contributed by atoms with Crippen molar-refractivity contribution >= 4 is 21.7 Å². The molecule has 1 aromatic heterocycles. The van der Waals surface area contributed by atoms with E-state index in [0.717, 1.165) is 53.4 Å². The van der Waals surface area contributed by atoms with Gasteiger partial charge in [-0.2, -0.15) is 0 Å². The average Bonchev–Trinajstić information content (AvgIpc) is 2.50. The van der Waals surface area contributed by atoms with Gasteiger partial charge < -0.3 is 10.1 Å². The Balaban J connectivity index is 1.95. The number of nitrogens with one attached hydrogen (secondary N) is 1. The van der Waals surface area contributed by atoms with Crippen LogP contribution in [0.15, 0.2) is 28.7 Å². The van der Waals surface area contributed by atoms with E-state index in [2.05, 4.69) is 39.2 Å². The molecule has 2 heterocycles. The maximum atomic E-state index is 5.53. The Hall–Kier alpha value is -1.46. The van der Waals surface area contributed by atoms with E-state index in [-0.39, 0.29) is 0 Å². The van der Waals surface area contributed by atoms with Crippen molar-refractivity contribution in [3.8, 4) is 0 Å². The van der Waals surface area contributed by atoms with E-state index in [1.165, 1.54) is 5.56 Å². The van der Waals surface area contributed by atoms with Crippen molar-refractivity contribution in [1.82, 2.24) is 9.97 Å². The summed E-state index contributed by atoms with van der Waals surface area (Å²) < 4.78 is 6.63. The Morgan fingerprint density at radius 1 is 1.29 bits per heavy atom. The second-order valence-corrected chi connectivity index (χ2v) is 5.87. The molecule has 1 aliphatic rings. The predicted molar refractivity (Wildman–Crippen MR) is 86.5 cm³/mol. The summed E-state index contributed by atoms with van der Waals surface area (Å²) in [5.74, 6) is 1.78. The minimum absolute atomic E-state index is 0.604. The van der Waals surface area contributed by atoms with Crippen molar-refractivity contribution in [3.63, 3.8) is 0 Å². The molecule has 1 aliphatic heterocycles. The Bertz CT molecular complexity index is 645. The first kappa shape index (κ1) is 14.5. The van der Waals surface area contributed by atoms with E-state index in [1.54, 1.807) is 0 Å². The minimum atomic E-state index is 0.604. The molecule has 21 heavy (non-hydrogen) atoms. The molecule has 0 atom stereocenters. The lowest BCUT2D eigenvalue weighted by atomic mass is 10.1. The zero-order valence-corrected chi connectivity index (χ0v) is 13.6. The number of halogens is 1. The molecule has 0 unspecified atom stereocenters. The first-order valence-electron chi connectivity index (χ1n) is 7.21. The third-order valence-corrected chi connectivity index (χ3v) is 4.29. The summed E-state index contributed by atoms with van der Waals surface area (Å²) in [4.78, 5) is 9.43. The number of fused-ring (bicyclic) bond motifs is 1. The van der Waals surface area contributed by atoms with Gasteiger partial charge in [-0.15, -0.1) is 0 Å². The fourth-order valence-corrected chi connectivity index (χ4v) is 2.91. The first-order valence-corrected chi connectivity index (χ1v) is 8.01. The van der Waals surface area contributed by atoms with Crippen LogP contribution < -0.4 is 5.32 Å². The average molecular weight is 348 g/mol. The topological polar surface area (TPSA) is 47.0 Å². The highest BCUT2D eigenvalue weighted by Gasteiger charge is 2.18. The lowest BCUT2D eigenvalue weighted by Gasteiger charge is -2.20. The molecule has 0 radical (unpaired) electrons. The van der Waals surface area contributed by atoms with Gasteiger partial charge >= 0.3 is 0 Å². The molecule has 5 heteroatoms. The van der Waals surface area contributed by atoms with Crippen molar-refractivity contribution in [2.24, 2.45) is 0 Å². The van der Waals surface area contributed by atoms with Gasteiger partial charge in [0.05, 0.1) is 18.9 Å². The molecule has 110 valence electrons. The van der Waals surface area contributed by atoms with E-state index in [4.69, 9.17) is 9.72 Å². The summed E-state index contributed by atoms with van der Waals surface area (Å²) >= 11 is 3.59. The number of hydrogen-bond acceptors (Lipinski definition) is 4. The smallest absolute Gasteiger partial charge is 0.135 e. The van der Waals surface area contributed by atoms with Crippen molar-refractivity contribution in [1.29, 1.82) is 0 Å². The molecular weight excluding hydrogens is 330 g/mol. The van der Waals surface area contributed by atoms with Crippen LogP contribution in [0.5, 0.6) is 0 Å². The molecular formula is C16H18BrN3O. The molecule has 0 amide bonds. The summed E-state index contributed by atoms with van der Waals surface area (Å²) in [5.41, 5.74) is 3.43. The molecule has 0 fully saturated rings. The zero-order valence-electron chi connectivity index (χ0n) is 12.0. The summed E-state index contributed by atoms with van der Waals surface area (Å²) in [6.45, 7) is 4.26. The van der Waals surface area contributed by atoms with Gasteiger partial charge in [-0.25, -0.2) is 9.97 Å². The molecule has 3 rings (SSSR count). The SMILES string of the molecule is CCNc1nc(Cc2ccccc2Br)nc2c1COCC2. The molecule has 2 aromatic rings. The molecule has 4 nitrogen and oxygen atoms in total. The van der Waals surface area contributed by atoms with Crippen LogP contribution in [0.3, 0.4) is 0 Å². The van der Waals surface area contributed by atoms with Gasteiger partial charge in [0.15, 0.2) is 0 Å². The van der Waals surface area contributed by atoms with E-state index < -0.39 is 0 Å². The van der Waals surface area contributed by atoms with E-state index in [1.807, 2.05) is 18.2 Å². The Labute approximate surface area is 133 Å². The summed E-state index contributed by atoms with van der Waals surface area (Å²) in [5, 5.41) is 3.33. The number of aromatic nitrogens is 2. The minimum Gasteiger partial charge on any atom is -0.376 e. The normalized spacial score (nSPS) is 13.8. The van der Waals surface area contributed by atoms with Crippen molar-refractivity contribution in [2.45, 2.75) is 26.4 Å². The van der Waals surface area contributed by atoms with Crippen LogP contribution in [0.25, 0.3) is 0 Å². The quantitative estimate of drug-likeness (QED) is 0.921. The van der Waals surface area contributed by atoms with Crippen LogP contribution >= 0.6 is 15.9 Å². The second-order valence-electron chi connectivity index (χ2n) is 5.01. The number of benzene rings is 1. The van der Waals surface area contributed by atoms with Gasteiger partial charge in [0.2, 0.25) is 0 Å². The van der Waals surface area contributed by atoms with Gasteiger partial charge in [0.25, 0.3) is 0 Å². The van der Waals surface area contributed by atoms with Crippen LogP contribution in [-0.2, 0) is 24.2 Å². The first-order chi connectivity index (χ1) is 10.3. The lowest BCUT2D eigenvalue weighted by molar-refractivity contribution is 0.109. The predicted octanol–water partition coefficient (Wildman–Crippen LogP) is 3.33. The number of nitrogens with zero attached hydrogens (tertiary/aromatic N) is 2. The maximum Gasteiger partial charge on any atom is 0.135 e. The zero-order chi connectivity index (χ0) is 14.7. The van der Waals surface area contributed by atoms with Gasteiger partial charge in [-0.3, -0.25) is 0 Å². The summed E-state index contributed by atoms with van der Waals surface area (Å²) in [6, 6.07) is 8.20. The standard InChI is InChI=1S/C16H18BrN3O/c1-2-18-16-12-10-21-8-7-14(12)19-15(20-16)9-11-5-3-4-6-13(11)17/h3-6H,2,7-10H2,1H3,(H,18,19,20). The summed E-state index contributed by atoms with van der Waals surface area (Å²) in [7, 11) is 0. The highest BCUT2D eigenvalue weighted by molar-refractivity contribution is 9.10. The van der Waals surface area contributed by atoms with Crippen LogP contribution in [0.1, 0.15) is 29.6 Å². The van der Waals surface area contributed by atoms with E-state index in [9.17, 15) is 0 Å². The monoisotopic (exact) mass is 347 g/mol. The lowest BCUT2D eigenvalue weighted by Crippen LogP contribution is -2.18. The number of ether oxygens (including phenoxy) is 1. The molecule has 0 saturated heterocycles. The third-order valence-electron chi connectivity index (χ3n) is 3.52. The Morgan fingerprint density at radius 2 is 2.14 bits per heavy atom. The molecule has 0 aliphatic carbocycles.